The molecule has 0 bridgehead atoms. The highest BCUT2D eigenvalue weighted by Crippen LogP contribution is 2.45. The van der Waals surface area contributed by atoms with Crippen LogP contribution in [0.15, 0.2) is 60.7 Å². The van der Waals surface area contributed by atoms with E-state index in [0.29, 0.717) is 32.8 Å². The summed E-state index contributed by atoms with van der Waals surface area (Å²) in [7, 11) is 0. The first-order chi connectivity index (χ1) is 14.7. The SMILES string of the molecule is Cc1ccc2c(c1)C1(OCCCO1)C(=O)N2CCCOc1cccc2ccccc12. The topological polar surface area (TPSA) is 48.0 Å². The maximum Gasteiger partial charge on any atom is 0.292 e. The number of hydrogen-bond donors (Lipinski definition) is 0. The quantitative estimate of drug-likeness (QED) is 0.586. The van der Waals surface area contributed by atoms with Crippen molar-refractivity contribution in [1.29, 1.82) is 0 Å². The minimum atomic E-state index is -1.28. The average molecular weight is 403 g/mol. The van der Waals surface area contributed by atoms with Crippen LogP contribution in [0, 0.1) is 6.92 Å². The van der Waals surface area contributed by atoms with Gasteiger partial charge in [0.05, 0.1) is 25.5 Å². The van der Waals surface area contributed by atoms with Gasteiger partial charge in [0.1, 0.15) is 5.75 Å². The summed E-state index contributed by atoms with van der Waals surface area (Å²) in [6, 6.07) is 20.3. The molecule has 1 saturated heterocycles. The second-order valence-corrected chi connectivity index (χ2v) is 7.82. The van der Waals surface area contributed by atoms with Gasteiger partial charge in [-0.2, -0.15) is 0 Å². The number of rotatable bonds is 5. The largest absolute Gasteiger partial charge is 0.493 e. The molecular weight excluding hydrogens is 378 g/mol. The van der Waals surface area contributed by atoms with Crippen LogP contribution in [0.25, 0.3) is 10.8 Å². The molecule has 3 aromatic rings. The summed E-state index contributed by atoms with van der Waals surface area (Å²) in [6.07, 6.45) is 1.51. The van der Waals surface area contributed by atoms with Crippen LogP contribution in [0.4, 0.5) is 5.69 Å². The lowest BCUT2D eigenvalue weighted by atomic mass is 10.0. The zero-order valence-corrected chi connectivity index (χ0v) is 17.1. The van der Waals surface area contributed by atoms with Gasteiger partial charge in [0.25, 0.3) is 11.7 Å². The summed E-state index contributed by atoms with van der Waals surface area (Å²) < 4.78 is 17.9. The molecule has 0 unspecified atom stereocenters. The van der Waals surface area contributed by atoms with Crippen LogP contribution >= 0.6 is 0 Å². The first-order valence-corrected chi connectivity index (χ1v) is 10.5. The minimum absolute atomic E-state index is 0.132. The lowest BCUT2D eigenvalue weighted by Gasteiger charge is -2.32. The summed E-state index contributed by atoms with van der Waals surface area (Å²) in [4.78, 5) is 15.1. The second-order valence-electron chi connectivity index (χ2n) is 7.82. The number of ether oxygens (including phenoxy) is 3. The number of nitrogens with zero attached hydrogens (tertiary/aromatic N) is 1. The highest BCUT2D eigenvalue weighted by Gasteiger charge is 2.54. The molecule has 30 heavy (non-hydrogen) atoms. The molecule has 5 heteroatoms. The van der Waals surface area contributed by atoms with Gasteiger partial charge < -0.3 is 19.1 Å². The number of aryl methyl sites for hydroxylation is 1. The Hall–Kier alpha value is -2.89. The van der Waals surface area contributed by atoms with Crippen molar-refractivity contribution in [2.75, 3.05) is 31.3 Å². The Balaban J connectivity index is 1.31. The van der Waals surface area contributed by atoms with E-state index in [4.69, 9.17) is 14.2 Å². The van der Waals surface area contributed by atoms with E-state index >= 15 is 0 Å². The van der Waals surface area contributed by atoms with Gasteiger partial charge in [0, 0.05) is 17.5 Å². The Bertz CT molecular complexity index is 1080. The fourth-order valence-corrected chi connectivity index (χ4v) is 4.31. The number of benzene rings is 3. The number of anilines is 1. The molecule has 1 amide bonds. The first-order valence-electron chi connectivity index (χ1n) is 10.5. The van der Waals surface area contributed by atoms with Crippen LogP contribution in [0.5, 0.6) is 5.75 Å². The molecular formula is C25H25NO4. The van der Waals surface area contributed by atoms with E-state index in [1.54, 1.807) is 4.90 Å². The van der Waals surface area contributed by atoms with E-state index in [2.05, 4.69) is 18.2 Å². The van der Waals surface area contributed by atoms with E-state index < -0.39 is 5.79 Å². The Labute approximate surface area is 176 Å². The second kappa shape index (κ2) is 7.74. The number of amides is 1. The molecule has 0 radical (unpaired) electrons. The molecule has 5 nitrogen and oxygen atoms in total. The van der Waals surface area contributed by atoms with Crippen LogP contribution in [0.3, 0.4) is 0 Å². The van der Waals surface area contributed by atoms with Crippen molar-refractivity contribution < 1.29 is 19.0 Å². The van der Waals surface area contributed by atoms with Gasteiger partial charge in [0.2, 0.25) is 0 Å². The highest BCUT2D eigenvalue weighted by atomic mass is 16.7. The Morgan fingerprint density at radius 1 is 1.03 bits per heavy atom. The maximum atomic E-state index is 13.3. The van der Waals surface area contributed by atoms with Crippen molar-refractivity contribution in [3.63, 3.8) is 0 Å². The lowest BCUT2D eigenvalue weighted by Crippen LogP contribution is -2.47. The zero-order chi connectivity index (χ0) is 20.6. The molecule has 0 atom stereocenters. The van der Waals surface area contributed by atoms with Gasteiger partial charge in [0.15, 0.2) is 0 Å². The van der Waals surface area contributed by atoms with E-state index in [-0.39, 0.29) is 5.91 Å². The van der Waals surface area contributed by atoms with E-state index in [0.717, 1.165) is 39.8 Å². The van der Waals surface area contributed by atoms with Gasteiger partial charge >= 0.3 is 0 Å². The third-order valence-electron chi connectivity index (χ3n) is 5.76. The van der Waals surface area contributed by atoms with Gasteiger partial charge in [-0.25, -0.2) is 0 Å². The van der Waals surface area contributed by atoms with Crippen molar-refractivity contribution >= 4 is 22.4 Å². The van der Waals surface area contributed by atoms with Crippen molar-refractivity contribution in [1.82, 2.24) is 0 Å². The summed E-state index contributed by atoms with van der Waals surface area (Å²) in [5.74, 6) is -0.545. The third kappa shape index (κ3) is 3.15. The fraction of sp³-hybridized carbons (Fsp3) is 0.320. The Kier molecular flexibility index (Phi) is 4.93. The van der Waals surface area contributed by atoms with E-state index in [9.17, 15) is 4.79 Å². The van der Waals surface area contributed by atoms with Crippen LogP contribution < -0.4 is 9.64 Å². The fourth-order valence-electron chi connectivity index (χ4n) is 4.31. The minimum Gasteiger partial charge on any atom is -0.493 e. The molecule has 1 fully saturated rings. The van der Waals surface area contributed by atoms with Gasteiger partial charge in [-0.05, 0) is 43.4 Å². The van der Waals surface area contributed by atoms with Crippen LogP contribution in [-0.4, -0.2) is 32.3 Å². The zero-order valence-electron chi connectivity index (χ0n) is 17.1. The van der Waals surface area contributed by atoms with E-state index in [1.807, 2.05) is 49.4 Å². The predicted octanol–water partition coefficient (Wildman–Crippen LogP) is 4.55. The summed E-state index contributed by atoms with van der Waals surface area (Å²) in [5, 5.41) is 2.25. The van der Waals surface area contributed by atoms with Crippen molar-refractivity contribution in [3.8, 4) is 5.75 Å². The monoisotopic (exact) mass is 403 g/mol. The molecule has 3 aromatic carbocycles. The van der Waals surface area contributed by atoms with Gasteiger partial charge in [-0.1, -0.05) is 48.0 Å². The molecule has 0 aliphatic carbocycles. The molecule has 2 aliphatic rings. The smallest absolute Gasteiger partial charge is 0.292 e. The third-order valence-corrected chi connectivity index (χ3v) is 5.76. The molecule has 0 aromatic heterocycles. The van der Waals surface area contributed by atoms with Gasteiger partial charge in [-0.3, -0.25) is 4.79 Å². The molecule has 2 heterocycles. The molecule has 2 aliphatic heterocycles. The molecule has 0 N–H and O–H groups in total. The van der Waals surface area contributed by atoms with Crippen LogP contribution in [0.1, 0.15) is 24.0 Å². The molecule has 1 spiro atoms. The van der Waals surface area contributed by atoms with Crippen molar-refractivity contribution in [2.24, 2.45) is 0 Å². The number of carbonyl (C=O) groups is 1. The maximum absolute atomic E-state index is 13.3. The lowest BCUT2D eigenvalue weighted by molar-refractivity contribution is -0.256. The molecule has 0 saturated carbocycles. The summed E-state index contributed by atoms with van der Waals surface area (Å²) in [5.41, 5.74) is 2.78. The average Bonchev–Trinajstić information content (AvgIpc) is 2.99. The molecule has 154 valence electrons. The first kappa shape index (κ1) is 19.1. The highest BCUT2D eigenvalue weighted by molar-refractivity contribution is 6.06. The normalized spacial score (nSPS) is 17.5. The Morgan fingerprint density at radius 2 is 1.83 bits per heavy atom. The van der Waals surface area contributed by atoms with Crippen LogP contribution in [0.2, 0.25) is 0 Å². The van der Waals surface area contributed by atoms with E-state index in [1.165, 1.54) is 0 Å². The summed E-state index contributed by atoms with van der Waals surface area (Å²) in [6.45, 7) is 4.14. The standard InChI is InChI=1S/C25H25NO4/c1-18-11-12-22-21(17-18)25(29-15-6-16-30-25)24(27)26(22)13-5-14-28-23-10-4-8-19-7-2-3-9-20(19)23/h2-4,7-12,17H,5-6,13-16H2,1H3. The predicted molar refractivity (Wildman–Crippen MR) is 116 cm³/mol. The summed E-state index contributed by atoms with van der Waals surface area (Å²) >= 11 is 0. The van der Waals surface area contributed by atoms with Crippen molar-refractivity contribution in [2.45, 2.75) is 25.6 Å². The number of hydrogen-bond acceptors (Lipinski definition) is 4. The molecule has 5 rings (SSSR count). The van der Waals surface area contributed by atoms with Gasteiger partial charge in [-0.15, -0.1) is 0 Å². The Morgan fingerprint density at radius 3 is 2.70 bits per heavy atom. The van der Waals surface area contributed by atoms with Crippen LogP contribution in [-0.2, 0) is 20.1 Å². The number of fused-ring (bicyclic) bond motifs is 3. The van der Waals surface area contributed by atoms with Crippen molar-refractivity contribution in [3.05, 3.63) is 71.8 Å². The number of carbonyl (C=O) groups excluding carboxylic acids is 1.